The van der Waals surface area contributed by atoms with Gasteiger partial charge in [0.05, 0.1) is 5.69 Å². The van der Waals surface area contributed by atoms with Gasteiger partial charge < -0.3 is 11.1 Å². The summed E-state index contributed by atoms with van der Waals surface area (Å²) in [6.07, 6.45) is 0.109. The predicted molar refractivity (Wildman–Crippen MR) is 74.1 cm³/mol. The highest BCUT2D eigenvalue weighted by molar-refractivity contribution is 7.89. The summed E-state index contributed by atoms with van der Waals surface area (Å²) < 4.78 is 25.9. The lowest BCUT2D eigenvalue weighted by Gasteiger charge is -2.19. The van der Waals surface area contributed by atoms with Crippen LogP contribution in [0.1, 0.15) is 12.0 Å². The molecule has 1 aromatic rings. The van der Waals surface area contributed by atoms with E-state index in [-0.39, 0.29) is 29.5 Å². The zero-order valence-electron chi connectivity index (χ0n) is 11.3. The van der Waals surface area contributed by atoms with Crippen LogP contribution in [0.2, 0.25) is 0 Å². The van der Waals surface area contributed by atoms with Gasteiger partial charge in [-0.25, -0.2) is 12.7 Å². The minimum atomic E-state index is -3.68. The van der Waals surface area contributed by atoms with Crippen molar-refractivity contribution in [3.8, 4) is 0 Å². The van der Waals surface area contributed by atoms with E-state index in [4.69, 9.17) is 5.73 Å². The van der Waals surface area contributed by atoms with Crippen LogP contribution in [0.4, 0.5) is 5.69 Å². The van der Waals surface area contributed by atoms with Gasteiger partial charge in [0.1, 0.15) is 4.90 Å². The first-order valence-corrected chi connectivity index (χ1v) is 7.26. The van der Waals surface area contributed by atoms with Crippen LogP contribution in [0.25, 0.3) is 0 Å². The van der Waals surface area contributed by atoms with Crippen molar-refractivity contribution < 1.29 is 13.2 Å². The fraction of sp³-hybridized carbons (Fsp3) is 0.417. The molecule has 6 nitrogen and oxygen atoms in total. The van der Waals surface area contributed by atoms with Gasteiger partial charge in [-0.3, -0.25) is 4.79 Å². The lowest BCUT2D eigenvalue weighted by atomic mass is 10.2. The second-order valence-electron chi connectivity index (χ2n) is 4.24. The van der Waals surface area contributed by atoms with Gasteiger partial charge in [-0.05, 0) is 18.6 Å². The summed E-state index contributed by atoms with van der Waals surface area (Å²) in [5.41, 5.74) is 6.55. The normalized spacial score (nSPS) is 11.6. The number of amides is 1. The molecule has 0 aromatic heterocycles. The molecule has 0 aliphatic rings. The van der Waals surface area contributed by atoms with Crippen LogP contribution in [0.15, 0.2) is 23.1 Å². The predicted octanol–water partition coefficient (Wildman–Crippen LogP) is 0.334. The molecule has 0 aliphatic heterocycles. The molecule has 19 heavy (non-hydrogen) atoms. The lowest BCUT2D eigenvalue weighted by Crippen LogP contribution is -2.32. The van der Waals surface area contributed by atoms with Crippen molar-refractivity contribution in [2.75, 3.05) is 26.4 Å². The van der Waals surface area contributed by atoms with Gasteiger partial charge in [0.15, 0.2) is 0 Å². The second-order valence-corrected chi connectivity index (χ2v) is 6.22. The summed E-state index contributed by atoms with van der Waals surface area (Å²) in [6.45, 7) is 1.80. The van der Waals surface area contributed by atoms with Crippen molar-refractivity contribution in [3.05, 3.63) is 23.8 Å². The van der Waals surface area contributed by atoms with Gasteiger partial charge in [0.2, 0.25) is 15.9 Å². The topological polar surface area (TPSA) is 92.5 Å². The highest BCUT2D eigenvalue weighted by Crippen LogP contribution is 2.25. The third kappa shape index (κ3) is 3.45. The van der Waals surface area contributed by atoms with Crippen LogP contribution >= 0.6 is 0 Å². The Morgan fingerprint density at radius 1 is 1.42 bits per heavy atom. The third-order valence-corrected chi connectivity index (χ3v) is 4.92. The molecule has 0 saturated heterocycles. The number of benzene rings is 1. The molecule has 1 amide bonds. The molecule has 0 aliphatic carbocycles. The number of nitrogen functional groups attached to an aromatic ring is 1. The van der Waals surface area contributed by atoms with E-state index in [9.17, 15) is 13.2 Å². The van der Waals surface area contributed by atoms with Crippen LogP contribution in [-0.4, -0.2) is 39.3 Å². The van der Waals surface area contributed by atoms with Crippen molar-refractivity contribution >= 4 is 21.6 Å². The number of sulfonamides is 1. The molecule has 0 unspecified atom stereocenters. The molecule has 1 rings (SSSR count). The van der Waals surface area contributed by atoms with Gasteiger partial charge in [-0.2, -0.15) is 0 Å². The number of rotatable bonds is 5. The number of nitrogens with one attached hydrogen (secondary N) is 1. The van der Waals surface area contributed by atoms with Gasteiger partial charge in [0, 0.05) is 27.1 Å². The molecular formula is C12H19N3O3S. The molecule has 0 radical (unpaired) electrons. The molecule has 0 atom stereocenters. The largest absolute Gasteiger partial charge is 0.398 e. The first-order valence-electron chi connectivity index (χ1n) is 5.82. The number of aryl methyl sites for hydroxylation is 1. The Hall–Kier alpha value is -1.60. The monoisotopic (exact) mass is 285 g/mol. The van der Waals surface area contributed by atoms with Crippen LogP contribution in [0, 0.1) is 6.92 Å². The SMILES string of the molecule is CNC(=O)CCN(C)S(=O)(=O)c1c(C)cccc1N. The molecule has 0 bridgehead atoms. The number of carbonyl (C=O) groups is 1. The molecule has 0 saturated carbocycles. The quantitative estimate of drug-likeness (QED) is 0.763. The summed E-state index contributed by atoms with van der Waals surface area (Å²) in [5, 5.41) is 2.45. The Kier molecular flexibility index (Phi) is 4.90. The Bertz CT molecular complexity index is 549. The molecule has 106 valence electrons. The Labute approximate surface area is 113 Å². The van der Waals surface area contributed by atoms with Crippen LogP contribution < -0.4 is 11.1 Å². The van der Waals surface area contributed by atoms with Gasteiger partial charge in [-0.1, -0.05) is 12.1 Å². The standard InChI is InChI=1S/C12H19N3O3S/c1-9-5-4-6-10(13)12(9)19(17,18)15(3)8-7-11(16)14-2/h4-6H,7-8,13H2,1-3H3,(H,14,16). The Balaban J connectivity index is 3.01. The maximum absolute atomic E-state index is 12.4. The van der Waals surface area contributed by atoms with E-state index in [0.29, 0.717) is 5.56 Å². The highest BCUT2D eigenvalue weighted by Gasteiger charge is 2.25. The fourth-order valence-electron chi connectivity index (χ4n) is 1.69. The molecule has 0 heterocycles. The summed E-state index contributed by atoms with van der Waals surface area (Å²) >= 11 is 0. The zero-order chi connectivity index (χ0) is 14.6. The first kappa shape index (κ1) is 15.5. The van der Waals surface area contributed by atoms with Crippen LogP contribution in [0.3, 0.4) is 0 Å². The van der Waals surface area contributed by atoms with E-state index < -0.39 is 10.0 Å². The average molecular weight is 285 g/mol. The van der Waals surface area contributed by atoms with Crippen LogP contribution in [-0.2, 0) is 14.8 Å². The molecule has 0 fully saturated rings. The molecule has 1 aromatic carbocycles. The number of hydrogen-bond donors (Lipinski definition) is 2. The van der Waals surface area contributed by atoms with Gasteiger partial charge >= 0.3 is 0 Å². The van der Waals surface area contributed by atoms with Crippen molar-refractivity contribution in [2.24, 2.45) is 0 Å². The summed E-state index contributed by atoms with van der Waals surface area (Å²) in [6, 6.07) is 4.94. The maximum atomic E-state index is 12.4. The summed E-state index contributed by atoms with van der Waals surface area (Å²) in [7, 11) is -0.731. The molecule has 3 N–H and O–H groups in total. The van der Waals surface area contributed by atoms with E-state index in [0.717, 1.165) is 4.31 Å². The van der Waals surface area contributed by atoms with Crippen molar-refractivity contribution in [1.82, 2.24) is 9.62 Å². The van der Waals surface area contributed by atoms with E-state index >= 15 is 0 Å². The Morgan fingerprint density at radius 2 is 2.05 bits per heavy atom. The highest BCUT2D eigenvalue weighted by atomic mass is 32.2. The molecule has 0 spiro atoms. The number of carbonyl (C=O) groups excluding carboxylic acids is 1. The second kappa shape index (κ2) is 6.03. The minimum absolute atomic E-state index is 0.106. The number of nitrogens with two attached hydrogens (primary N) is 1. The van der Waals surface area contributed by atoms with Gasteiger partial charge in [0.25, 0.3) is 0 Å². The van der Waals surface area contributed by atoms with Gasteiger partial charge in [-0.15, -0.1) is 0 Å². The van der Waals surface area contributed by atoms with E-state index in [2.05, 4.69) is 5.32 Å². The fourth-order valence-corrected chi connectivity index (χ4v) is 3.17. The summed E-state index contributed by atoms with van der Waals surface area (Å²) in [5.74, 6) is -0.209. The minimum Gasteiger partial charge on any atom is -0.398 e. The van der Waals surface area contributed by atoms with Crippen molar-refractivity contribution in [3.63, 3.8) is 0 Å². The van der Waals surface area contributed by atoms with Crippen molar-refractivity contribution in [1.29, 1.82) is 0 Å². The lowest BCUT2D eigenvalue weighted by molar-refractivity contribution is -0.120. The smallest absolute Gasteiger partial charge is 0.245 e. The zero-order valence-corrected chi connectivity index (χ0v) is 12.1. The Morgan fingerprint density at radius 3 is 2.58 bits per heavy atom. The third-order valence-electron chi connectivity index (χ3n) is 2.84. The first-order chi connectivity index (χ1) is 8.80. The number of anilines is 1. The number of hydrogen-bond acceptors (Lipinski definition) is 4. The molecule has 7 heteroatoms. The summed E-state index contributed by atoms with van der Waals surface area (Å²) in [4.78, 5) is 11.3. The maximum Gasteiger partial charge on any atom is 0.245 e. The molecular weight excluding hydrogens is 266 g/mol. The van der Waals surface area contributed by atoms with E-state index in [1.54, 1.807) is 25.1 Å². The number of nitrogens with zero attached hydrogens (tertiary/aromatic N) is 1. The average Bonchev–Trinajstić information content (AvgIpc) is 2.34. The van der Waals surface area contributed by atoms with Crippen molar-refractivity contribution in [2.45, 2.75) is 18.2 Å². The van der Waals surface area contributed by atoms with E-state index in [1.807, 2.05) is 0 Å². The van der Waals surface area contributed by atoms with Crippen LogP contribution in [0.5, 0.6) is 0 Å². The van der Waals surface area contributed by atoms with E-state index in [1.165, 1.54) is 14.1 Å².